The topological polar surface area (TPSA) is 64.5 Å². The number of aryl methyl sites for hydroxylation is 6. The number of aromatic hydroxyl groups is 2. The van der Waals surface area contributed by atoms with Gasteiger partial charge in [-0.1, -0.05) is 48.5 Å². The van der Waals surface area contributed by atoms with Gasteiger partial charge in [0.15, 0.2) is 0 Å². The molecule has 0 unspecified atom stereocenters. The van der Waals surface area contributed by atoms with Crippen LogP contribution in [0.25, 0.3) is 0 Å². The predicted octanol–water partition coefficient (Wildman–Crippen LogP) is 6.72. The molecule has 0 aliphatic carbocycles. The lowest BCUT2D eigenvalue weighted by Crippen LogP contribution is -2.08. The predicted molar refractivity (Wildman–Crippen MR) is 141 cm³/mol. The van der Waals surface area contributed by atoms with E-state index in [1.165, 1.54) is 11.1 Å². The summed E-state index contributed by atoms with van der Waals surface area (Å²) >= 11 is 0. The average molecular weight is 453 g/mol. The van der Waals surface area contributed by atoms with Gasteiger partial charge >= 0.3 is 0 Å². The van der Waals surface area contributed by atoms with E-state index < -0.39 is 0 Å². The molecule has 0 fully saturated rings. The Labute approximate surface area is 201 Å². The number of anilines is 2. The van der Waals surface area contributed by atoms with Crippen molar-refractivity contribution in [1.82, 2.24) is 0 Å². The molecule has 0 atom stereocenters. The molecular weight excluding hydrogens is 420 g/mol. The molecule has 0 aliphatic heterocycles. The van der Waals surface area contributed by atoms with Crippen molar-refractivity contribution in [2.45, 2.75) is 39.5 Å². The highest BCUT2D eigenvalue weighted by Gasteiger charge is 2.04. The third-order valence-corrected chi connectivity index (χ3v) is 6.11. The molecule has 0 aromatic heterocycles. The first-order valence-corrected chi connectivity index (χ1v) is 11.7. The van der Waals surface area contributed by atoms with Gasteiger partial charge in [-0.15, -0.1) is 0 Å². The summed E-state index contributed by atoms with van der Waals surface area (Å²) in [5.74, 6) is 0.753. The highest BCUT2D eigenvalue weighted by atomic mass is 16.3. The van der Waals surface area contributed by atoms with E-state index in [4.69, 9.17) is 0 Å². The largest absolute Gasteiger partial charge is 0.508 e. The quantitative estimate of drug-likeness (QED) is 0.213. The maximum atomic E-state index is 10.1. The second-order valence-electron chi connectivity index (χ2n) is 8.91. The Morgan fingerprint density at radius 1 is 0.500 bits per heavy atom. The van der Waals surface area contributed by atoms with Crippen LogP contribution in [-0.2, 0) is 25.7 Å². The molecule has 0 saturated carbocycles. The minimum atomic E-state index is 0.377. The van der Waals surface area contributed by atoms with Gasteiger partial charge in [0.2, 0.25) is 0 Å². The van der Waals surface area contributed by atoms with E-state index >= 15 is 0 Å². The lowest BCUT2D eigenvalue weighted by Gasteiger charge is -2.12. The first-order valence-electron chi connectivity index (χ1n) is 11.7. The first kappa shape index (κ1) is 23.2. The third kappa shape index (κ3) is 6.32. The van der Waals surface area contributed by atoms with E-state index in [-0.39, 0.29) is 0 Å². The molecule has 0 spiro atoms. The molecule has 4 aromatic carbocycles. The Morgan fingerprint density at radius 2 is 0.882 bits per heavy atom. The number of phenols is 2. The molecule has 174 valence electrons. The van der Waals surface area contributed by atoms with Crippen LogP contribution in [0.2, 0.25) is 0 Å². The molecule has 0 aliphatic rings. The van der Waals surface area contributed by atoms with E-state index in [0.717, 1.165) is 59.3 Å². The van der Waals surface area contributed by atoms with Gasteiger partial charge in [-0.25, -0.2) is 0 Å². The summed E-state index contributed by atoms with van der Waals surface area (Å²) < 4.78 is 0. The summed E-state index contributed by atoms with van der Waals surface area (Å²) in [6, 6.07) is 28.4. The van der Waals surface area contributed by atoms with Crippen molar-refractivity contribution in [3.63, 3.8) is 0 Å². The summed E-state index contributed by atoms with van der Waals surface area (Å²) in [5.41, 5.74) is 15.0. The highest BCUT2D eigenvalue weighted by Crippen LogP contribution is 2.22. The number of rotatable bonds is 9. The van der Waals surface area contributed by atoms with Crippen LogP contribution in [0.4, 0.5) is 11.4 Å². The summed E-state index contributed by atoms with van der Waals surface area (Å²) in [6.07, 6.45) is 3.39. The van der Waals surface area contributed by atoms with Gasteiger partial charge in [0.1, 0.15) is 11.5 Å². The van der Waals surface area contributed by atoms with Crippen LogP contribution in [-0.4, -0.2) is 10.2 Å². The Balaban J connectivity index is 1.24. The number of hydrogen-bond donors (Lipinski definition) is 4. The fourth-order valence-electron chi connectivity index (χ4n) is 3.98. The van der Waals surface area contributed by atoms with Gasteiger partial charge in [0.05, 0.1) is 11.4 Å². The Morgan fingerprint density at radius 3 is 1.24 bits per heavy atom. The molecule has 4 N–H and O–H groups in total. The van der Waals surface area contributed by atoms with Gasteiger partial charge in [0, 0.05) is 0 Å². The second kappa shape index (κ2) is 10.8. The first-order chi connectivity index (χ1) is 16.5. The van der Waals surface area contributed by atoms with Gasteiger partial charge in [-0.05, 0) is 109 Å². The average Bonchev–Trinajstić information content (AvgIpc) is 2.83. The zero-order chi connectivity index (χ0) is 23.9. The van der Waals surface area contributed by atoms with Gasteiger partial charge < -0.3 is 21.1 Å². The molecule has 0 heterocycles. The molecule has 0 bridgehead atoms. The molecule has 4 heteroatoms. The molecule has 4 nitrogen and oxygen atoms in total. The van der Waals surface area contributed by atoms with E-state index in [1.807, 2.05) is 50.2 Å². The maximum absolute atomic E-state index is 10.1. The van der Waals surface area contributed by atoms with E-state index in [0.29, 0.717) is 11.5 Å². The van der Waals surface area contributed by atoms with Crippen molar-refractivity contribution in [2.75, 3.05) is 10.9 Å². The Kier molecular flexibility index (Phi) is 7.38. The zero-order valence-corrected chi connectivity index (χ0v) is 19.8. The van der Waals surface area contributed by atoms with Crippen LogP contribution in [0, 0.1) is 13.8 Å². The highest BCUT2D eigenvalue weighted by molar-refractivity contribution is 5.53. The summed E-state index contributed by atoms with van der Waals surface area (Å²) in [5, 5.41) is 20.2. The zero-order valence-electron chi connectivity index (χ0n) is 19.8. The smallest absolute Gasteiger partial charge is 0.119 e. The fraction of sp³-hybridized carbons (Fsp3) is 0.200. The third-order valence-electron chi connectivity index (χ3n) is 6.11. The van der Waals surface area contributed by atoms with Gasteiger partial charge in [-0.2, -0.15) is 0 Å². The van der Waals surface area contributed by atoms with Crippen molar-refractivity contribution in [1.29, 1.82) is 0 Å². The van der Waals surface area contributed by atoms with Crippen molar-refractivity contribution in [3.05, 3.63) is 118 Å². The normalized spacial score (nSPS) is 10.8. The summed E-state index contributed by atoms with van der Waals surface area (Å²) in [7, 11) is 0. The van der Waals surface area contributed by atoms with Crippen molar-refractivity contribution in [3.8, 4) is 11.5 Å². The van der Waals surface area contributed by atoms with E-state index in [1.54, 1.807) is 0 Å². The SMILES string of the molecule is Cc1ccc(CCc2ccc(NNc3ccc(CCc4ccc(C)cc4O)cc3)cc2)c(O)c1. The van der Waals surface area contributed by atoms with Gasteiger partial charge in [-0.3, -0.25) is 0 Å². The van der Waals surface area contributed by atoms with Crippen molar-refractivity contribution in [2.24, 2.45) is 0 Å². The van der Waals surface area contributed by atoms with Crippen LogP contribution >= 0.6 is 0 Å². The number of phenolic OH excluding ortho intramolecular Hbond substituents is 2. The number of hydrogen-bond acceptors (Lipinski definition) is 4. The van der Waals surface area contributed by atoms with E-state index in [9.17, 15) is 10.2 Å². The Bertz CT molecular complexity index is 1130. The number of benzene rings is 4. The van der Waals surface area contributed by atoms with Crippen LogP contribution in [0.15, 0.2) is 84.9 Å². The molecule has 34 heavy (non-hydrogen) atoms. The molecule has 4 rings (SSSR count). The van der Waals surface area contributed by atoms with Crippen LogP contribution in [0.5, 0.6) is 11.5 Å². The van der Waals surface area contributed by atoms with Crippen LogP contribution < -0.4 is 10.9 Å². The molecular formula is C30H32N2O2. The second-order valence-corrected chi connectivity index (χ2v) is 8.91. The maximum Gasteiger partial charge on any atom is 0.119 e. The minimum Gasteiger partial charge on any atom is -0.508 e. The molecule has 0 amide bonds. The lowest BCUT2D eigenvalue weighted by molar-refractivity contribution is 0.467. The van der Waals surface area contributed by atoms with Crippen LogP contribution in [0.3, 0.4) is 0 Å². The standard InChI is InChI=1S/C30H32N2O2/c1-21-3-11-25(29(33)19-21)13-5-23-7-15-27(16-8-23)31-32-28-17-9-24(10-18-28)6-14-26-12-4-22(2)20-30(26)34/h3-4,7-12,15-20,31-34H,5-6,13-14H2,1-2H3. The number of nitrogens with one attached hydrogen (secondary N) is 2. The van der Waals surface area contributed by atoms with Crippen LogP contribution in [0.1, 0.15) is 33.4 Å². The summed E-state index contributed by atoms with van der Waals surface area (Å²) in [4.78, 5) is 0. The molecule has 0 radical (unpaired) electrons. The Hall–Kier alpha value is -3.92. The van der Waals surface area contributed by atoms with Crippen molar-refractivity contribution >= 4 is 11.4 Å². The molecule has 0 saturated heterocycles. The van der Waals surface area contributed by atoms with Crippen molar-refractivity contribution < 1.29 is 10.2 Å². The lowest BCUT2D eigenvalue weighted by atomic mass is 10.0. The summed E-state index contributed by atoms with van der Waals surface area (Å²) in [6.45, 7) is 3.97. The van der Waals surface area contributed by atoms with Gasteiger partial charge in [0.25, 0.3) is 0 Å². The minimum absolute atomic E-state index is 0.377. The van der Waals surface area contributed by atoms with E-state index in [2.05, 4.69) is 59.4 Å². The number of hydrazine groups is 1. The monoisotopic (exact) mass is 452 g/mol. The molecule has 4 aromatic rings. The fourth-order valence-corrected chi connectivity index (χ4v) is 3.98.